The lowest BCUT2D eigenvalue weighted by Crippen LogP contribution is -2.02. The molecule has 0 amide bonds. The molecule has 1 aromatic carbocycles. The van der Waals surface area contributed by atoms with Crippen LogP contribution in [0, 0.1) is 19.7 Å². The molecule has 2 rings (SSSR count). The summed E-state index contributed by atoms with van der Waals surface area (Å²) in [4.78, 5) is 4.03. The van der Waals surface area contributed by atoms with Crippen LogP contribution in [0.15, 0.2) is 24.4 Å². The Balaban J connectivity index is 2.62. The maximum atomic E-state index is 13.5. The van der Waals surface area contributed by atoms with E-state index in [2.05, 4.69) is 4.98 Å². The van der Waals surface area contributed by atoms with Gasteiger partial charge in [0.1, 0.15) is 5.82 Å². The van der Waals surface area contributed by atoms with Crippen LogP contribution in [0.2, 0.25) is 0 Å². The number of aromatic nitrogens is 2. The van der Waals surface area contributed by atoms with Gasteiger partial charge in [-0.2, -0.15) is 0 Å². The van der Waals surface area contributed by atoms with Crippen molar-refractivity contribution in [3.05, 3.63) is 41.5 Å². The molecule has 1 aromatic heterocycles. The number of nitrogens with zero attached hydrogens (tertiary/aromatic N) is 2. The lowest BCUT2D eigenvalue weighted by molar-refractivity contribution is 0.618. The summed E-state index contributed by atoms with van der Waals surface area (Å²) in [5.41, 5.74) is 7.87. The van der Waals surface area contributed by atoms with Crippen LogP contribution in [-0.4, -0.2) is 9.55 Å². The summed E-state index contributed by atoms with van der Waals surface area (Å²) in [6.07, 6.45) is 1.72. The van der Waals surface area contributed by atoms with E-state index in [1.807, 2.05) is 13.8 Å². The number of anilines is 1. The largest absolute Gasteiger partial charge is 0.369 e. The van der Waals surface area contributed by atoms with E-state index in [9.17, 15) is 4.39 Å². The lowest BCUT2D eigenvalue weighted by atomic mass is 10.2. The van der Waals surface area contributed by atoms with Gasteiger partial charge in [-0.15, -0.1) is 0 Å². The quantitative estimate of drug-likeness (QED) is 0.775. The van der Waals surface area contributed by atoms with Gasteiger partial charge < -0.3 is 5.73 Å². The molecule has 0 fully saturated rings. The summed E-state index contributed by atoms with van der Waals surface area (Å²) in [5.74, 6) is 0.00157. The average molecular weight is 205 g/mol. The second-order valence-electron chi connectivity index (χ2n) is 3.57. The molecule has 0 saturated heterocycles. The molecule has 0 aliphatic heterocycles. The molecule has 15 heavy (non-hydrogen) atoms. The minimum atomic E-state index is -0.301. The number of aryl methyl sites for hydroxylation is 2. The van der Waals surface area contributed by atoms with Crippen LogP contribution in [0.1, 0.15) is 11.3 Å². The molecular weight excluding hydrogens is 193 g/mol. The fourth-order valence-electron chi connectivity index (χ4n) is 1.52. The van der Waals surface area contributed by atoms with E-state index in [4.69, 9.17) is 5.73 Å². The maximum absolute atomic E-state index is 13.5. The molecule has 0 bridgehead atoms. The topological polar surface area (TPSA) is 43.8 Å². The second kappa shape index (κ2) is 3.38. The summed E-state index contributed by atoms with van der Waals surface area (Å²) in [7, 11) is 0. The monoisotopic (exact) mass is 205 g/mol. The molecule has 0 radical (unpaired) electrons. The summed E-state index contributed by atoms with van der Waals surface area (Å²) in [6, 6.07) is 4.89. The van der Waals surface area contributed by atoms with Gasteiger partial charge in [0.05, 0.1) is 11.4 Å². The smallest absolute Gasteiger partial charge is 0.205 e. The molecule has 3 nitrogen and oxygen atoms in total. The highest BCUT2D eigenvalue weighted by Gasteiger charge is 2.08. The van der Waals surface area contributed by atoms with Gasteiger partial charge in [-0.05, 0) is 31.5 Å². The first-order valence-electron chi connectivity index (χ1n) is 4.66. The fourth-order valence-corrected chi connectivity index (χ4v) is 1.52. The molecule has 0 saturated carbocycles. The van der Waals surface area contributed by atoms with E-state index in [0.717, 1.165) is 11.3 Å². The van der Waals surface area contributed by atoms with Crippen molar-refractivity contribution in [1.29, 1.82) is 0 Å². The normalized spacial score (nSPS) is 10.6. The van der Waals surface area contributed by atoms with Crippen molar-refractivity contribution < 1.29 is 4.39 Å². The Morgan fingerprint density at radius 1 is 1.33 bits per heavy atom. The van der Waals surface area contributed by atoms with Crippen LogP contribution in [-0.2, 0) is 0 Å². The van der Waals surface area contributed by atoms with E-state index >= 15 is 0 Å². The fraction of sp³-hybridized carbons (Fsp3) is 0.182. The Kier molecular flexibility index (Phi) is 2.19. The third-order valence-corrected chi connectivity index (χ3v) is 2.21. The zero-order chi connectivity index (χ0) is 11.0. The van der Waals surface area contributed by atoms with Gasteiger partial charge in [-0.1, -0.05) is 6.07 Å². The Labute approximate surface area is 87.4 Å². The minimum Gasteiger partial charge on any atom is -0.369 e. The first-order chi connectivity index (χ1) is 7.08. The van der Waals surface area contributed by atoms with E-state index < -0.39 is 0 Å². The Hall–Kier alpha value is -1.84. The van der Waals surface area contributed by atoms with Crippen LogP contribution >= 0.6 is 0 Å². The van der Waals surface area contributed by atoms with Crippen LogP contribution in [0.4, 0.5) is 10.3 Å². The second-order valence-corrected chi connectivity index (χ2v) is 3.57. The zero-order valence-corrected chi connectivity index (χ0v) is 8.66. The molecule has 2 aromatic rings. The molecule has 4 heteroatoms. The highest BCUT2D eigenvalue weighted by molar-refractivity contribution is 5.43. The third kappa shape index (κ3) is 1.70. The van der Waals surface area contributed by atoms with Crippen LogP contribution in [0.25, 0.3) is 5.69 Å². The van der Waals surface area contributed by atoms with Gasteiger partial charge in [0, 0.05) is 6.20 Å². The summed E-state index contributed by atoms with van der Waals surface area (Å²) in [5, 5.41) is 0. The average Bonchev–Trinajstić information content (AvgIpc) is 2.50. The van der Waals surface area contributed by atoms with Crippen molar-refractivity contribution in [2.24, 2.45) is 0 Å². The van der Waals surface area contributed by atoms with Crippen molar-refractivity contribution in [2.75, 3.05) is 5.73 Å². The first-order valence-corrected chi connectivity index (χ1v) is 4.66. The van der Waals surface area contributed by atoms with Crippen LogP contribution in [0.5, 0.6) is 0 Å². The standard InChI is InChI=1S/C11H12FN3/c1-7-3-4-9(12)10(5-7)15-6-8(2)14-11(15)13/h3-6H,1-2H3,(H2,13,14). The van der Waals surface area contributed by atoms with Crippen LogP contribution in [0.3, 0.4) is 0 Å². The van der Waals surface area contributed by atoms with Gasteiger partial charge in [-0.3, -0.25) is 4.57 Å². The molecule has 0 atom stereocenters. The van der Waals surface area contributed by atoms with Crippen molar-refractivity contribution >= 4 is 5.95 Å². The van der Waals surface area contributed by atoms with E-state index in [0.29, 0.717) is 11.6 Å². The number of nitrogen functional groups attached to an aromatic ring is 1. The highest BCUT2D eigenvalue weighted by atomic mass is 19.1. The number of nitrogens with two attached hydrogens (primary N) is 1. The molecule has 0 unspecified atom stereocenters. The zero-order valence-electron chi connectivity index (χ0n) is 8.66. The molecule has 2 N–H and O–H groups in total. The molecule has 0 aliphatic carbocycles. The van der Waals surface area contributed by atoms with E-state index in [1.165, 1.54) is 6.07 Å². The molecule has 1 heterocycles. The Morgan fingerprint density at radius 2 is 2.07 bits per heavy atom. The van der Waals surface area contributed by atoms with Crippen molar-refractivity contribution in [1.82, 2.24) is 9.55 Å². The summed E-state index contributed by atoms with van der Waals surface area (Å²) >= 11 is 0. The Bertz CT molecular complexity index is 503. The van der Waals surface area contributed by atoms with Crippen molar-refractivity contribution in [3.8, 4) is 5.69 Å². The number of rotatable bonds is 1. The van der Waals surface area contributed by atoms with Crippen LogP contribution < -0.4 is 5.73 Å². The Morgan fingerprint density at radius 3 is 2.67 bits per heavy atom. The van der Waals surface area contributed by atoms with Crippen molar-refractivity contribution in [2.45, 2.75) is 13.8 Å². The third-order valence-electron chi connectivity index (χ3n) is 2.21. The summed E-state index contributed by atoms with van der Waals surface area (Å²) in [6.45, 7) is 3.73. The molecule has 0 spiro atoms. The predicted molar refractivity (Wildman–Crippen MR) is 57.4 cm³/mol. The van der Waals surface area contributed by atoms with Gasteiger partial charge >= 0.3 is 0 Å². The van der Waals surface area contributed by atoms with E-state index in [-0.39, 0.29) is 5.82 Å². The summed E-state index contributed by atoms with van der Waals surface area (Å²) < 4.78 is 15.1. The van der Waals surface area contributed by atoms with Crippen molar-refractivity contribution in [3.63, 3.8) is 0 Å². The van der Waals surface area contributed by atoms with E-state index in [1.54, 1.807) is 22.9 Å². The van der Waals surface area contributed by atoms with Gasteiger partial charge in [0.2, 0.25) is 5.95 Å². The highest BCUT2D eigenvalue weighted by Crippen LogP contribution is 2.18. The number of hydrogen-bond donors (Lipinski definition) is 1. The predicted octanol–water partition coefficient (Wildman–Crippen LogP) is 2.21. The lowest BCUT2D eigenvalue weighted by Gasteiger charge is -2.06. The molecule has 78 valence electrons. The first kappa shape index (κ1) is 9.71. The minimum absolute atomic E-state index is 0.301. The molecular formula is C11H12FN3. The number of halogens is 1. The van der Waals surface area contributed by atoms with Gasteiger partial charge in [0.15, 0.2) is 0 Å². The number of imidazole rings is 1. The number of hydrogen-bond acceptors (Lipinski definition) is 2. The number of benzene rings is 1. The maximum Gasteiger partial charge on any atom is 0.205 e. The SMILES string of the molecule is Cc1ccc(F)c(-n2cc(C)nc2N)c1. The van der Waals surface area contributed by atoms with Gasteiger partial charge in [0.25, 0.3) is 0 Å². The molecule has 0 aliphatic rings. The van der Waals surface area contributed by atoms with Gasteiger partial charge in [-0.25, -0.2) is 9.37 Å².